The van der Waals surface area contributed by atoms with Gasteiger partial charge in [-0.2, -0.15) is 0 Å². The Kier molecular flexibility index (Phi) is 5.47. The lowest BCUT2D eigenvalue weighted by Crippen LogP contribution is -2.58. The monoisotopic (exact) mass is 403 g/mol. The van der Waals surface area contributed by atoms with Crippen molar-refractivity contribution < 1.29 is 23.9 Å². The van der Waals surface area contributed by atoms with Crippen LogP contribution in [0.1, 0.15) is 50.9 Å². The van der Waals surface area contributed by atoms with Crippen LogP contribution < -0.4 is 10.2 Å². The third-order valence-corrected chi connectivity index (χ3v) is 5.42. The molecular weight excluding hydrogens is 374 g/mol. The number of amides is 2. The maximum atomic E-state index is 12.9. The molecule has 158 valence electrons. The number of anilines is 1. The van der Waals surface area contributed by atoms with Crippen molar-refractivity contribution in [1.29, 1.82) is 0 Å². The molecular formula is C21H29N3O5. The molecule has 0 aromatic heterocycles. The number of nitrogens with one attached hydrogen (secondary N) is 1. The van der Waals surface area contributed by atoms with Crippen LogP contribution in [0.25, 0.3) is 0 Å². The summed E-state index contributed by atoms with van der Waals surface area (Å²) in [5, 5.41) is 3.02. The second kappa shape index (κ2) is 7.57. The van der Waals surface area contributed by atoms with Gasteiger partial charge in [-0.1, -0.05) is 0 Å². The van der Waals surface area contributed by atoms with E-state index in [1.807, 2.05) is 39.8 Å². The zero-order valence-electron chi connectivity index (χ0n) is 17.7. The molecule has 1 spiro atoms. The molecule has 0 aliphatic carbocycles. The van der Waals surface area contributed by atoms with Crippen LogP contribution in [-0.2, 0) is 14.3 Å². The normalized spacial score (nSPS) is 21.1. The molecule has 0 bridgehead atoms. The summed E-state index contributed by atoms with van der Waals surface area (Å²) >= 11 is 0. The minimum atomic E-state index is -0.731. The largest absolute Gasteiger partial charge is 0.465 e. The Bertz CT molecular complexity index is 792. The summed E-state index contributed by atoms with van der Waals surface area (Å²) in [6.07, 6.45) is 0.454. The van der Waals surface area contributed by atoms with Crippen LogP contribution in [0.15, 0.2) is 24.3 Å². The van der Waals surface area contributed by atoms with Crippen LogP contribution in [0.4, 0.5) is 10.5 Å². The molecule has 1 N–H and O–H groups in total. The summed E-state index contributed by atoms with van der Waals surface area (Å²) in [7, 11) is 1.34. The number of hydrogen-bond acceptors (Lipinski definition) is 6. The van der Waals surface area contributed by atoms with Gasteiger partial charge in [0.1, 0.15) is 11.1 Å². The van der Waals surface area contributed by atoms with Gasteiger partial charge in [-0.05, 0) is 64.8 Å². The van der Waals surface area contributed by atoms with Crippen molar-refractivity contribution in [3.63, 3.8) is 0 Å². The fraction of sp³-hybridized carbons (Fsp3) is 0.571. The summed E-state index contributed by atoms with van der Waals surface area (Å²) in [6, 6.07) is 7.04. The maximum absolute atomic E-state index is 12.9. The Balaban J connectivity index is 1.80. The van der Waals surface area contributed by atoms with Gasteiger partial charge in [-0.3, -0.25) is 4.79 Å². The lowest BCUT2D eigenvalue weighted by Gasteiger charge is -2.44. The smallest absolute Gasteiger partial charge is 0.410 e. The second-order valence-electron chi connectivity index (χ2n) is 8.56. The van der Waals surface area contributed by atoms with Gasteiger partial charge in [0.15, 0.2) is 0 Å². The lowest BCUT2D eigenvalue weighted by atomic mass is 9.85. The van der Waals surface area contributed by atoms with E-state index in [2.05, 4.69) is 10.2 Å². The predicted octanol–water partition coefficient (Wildman–Crippen LogP) is 2.53. The van der Waals surface area contributed by atoms with E-state index in [4.69, 9.17) is 9.47 Å². The molecule has 1 unspecified atom stereocenters. The molecule has 29 heavy (non-hydrogen) atoms. The molecule has 2 heterocycles. The zero-order valence-corrected chi connectivity index (χ0v) is 17.7. The van der Waals surface area contributed by atoms with Crippen LogP contribution in [0.3, 0.4) is 0 Å². The number of ether oxygens (including phenoxy) is 2. The summed E-state index contributed by atoms with van der Waals surface area (Å²) in [5.74, 6) is -0.438. The first-order valence-electron chi connectivity index (χ1n) is 9.84. The van der Waals surface area contributed by atoms with E-state index < -0.39 is 17.1 Å². The first-order chi connectivity index (χ1) is 13.6. The highest BCUT2D eigenvalue weighted by Crippen LogP contribution is 2.39. The fourth-order valence-electron chi connectivity index (χ4n) is 4.07. The third kappa shape index (κ3) is 4.02. The quantitative estimate of drug-likeness (QED) is 0.764. The number of carbonyl (C=O) groups is 3. The average molecular weight is 403 g/mol. The van der Waals surface area contributed by atoms with E-state index in [1.54, 1.807) is 17.0 Å². The van der Waals surface area contributed by atoms with E-state index in [0.29, 0.717) is 31.5 Å². The van der Waals surface area contributed by atoms with Gasteiger partial charge >= 0.3 is 12.1 Å². The Labute approximate surface area is 171 Å². The predicted molar refractivity (Wildman–Crippen MR) is 108 cm³/mol. The Morgan fingerprint density at radius 3 is 2.24 bits per heavy atom. The molecule has 0 saturated carbocycles. The topological polar surface area (TPSA) is 88.2 Å². The highest BCUT2D eigenvalue weighted by Gasteiger charge is 2.53. The number of nitrogens with zero attached hydrogens (tertiary/aromatic N) is 2. The van der Waals surface area contributed by atoms with Crippen molar-refractivity contribution in [2.75, 3.05) is 25.1 Å². The van der Waals surface area contributed by atoms with E-state index >= 15 is 0 Å². The molecule has 1 aromatic rings. The first kappa shape index (κ1) is 21.0. The van der Waals surface area contributed by atoms with E-state index in [-0.39, 0.29) is 18.2 Å². The van der Waals surface area contributed by atoms with Crippen molar-refractivity contribution in [2.45, 2.75) is 57.8 Å². The number of methoxy groups -OCH3 is 1. The highest BCUT2D eigenvalue weighted by molar-refractivity contribution is 5.95. The summed E-state index contributed by atoms with van der Waals surface area (Å²) in [5.41, 5.74) is 0.00857. The molecule has 2 fully saturated rings. The minimum Gasteiger partial charge on any atom is -0.465 e. The second-order valence-corrected chi connectivity index (χ2v) is 8.56. The SMILES string of the molecule is COC(=O)c1ccc(N2C(C)NC(=O)C23CCN(C(=O)OC(C)(C)C)CC3)cc1. The molecule has 2 aliphatic heterocycles. The number of hydrogen-bond donors (Lipinski definition) is 1. The van der Waals surface area contributed by atoms with Gasteiger partial charge in [0, 0.05) is 18.8 Å². The number of rotatable bonds is 2. The number of piperidine rings is 1. The van der Waals surface area contributed by atoms with Crippen LogP contribution >= 0.6 is 0 Å². The van der Waals surface area contributed by atoms with Crippen molar-refractivity contribution >= 4 is 23.7 Å². The molecule has 0 radical (unpaired) electrons. The van der Waals surface area contributed by atoms with Gasteiger partial charge in [0.05, 0.1) is 18.8 Å². The number of esters is 1. The molecule has 2 aliphatic rings. The van der Waals surface area contributed by atoms with E-state index in [1.165, 1.54) is 7.11 Å². The molecule has 2 amide bonds. The van der Waals surface area contributed by atoms with Crippen LogP contribution in [-0.4, -0.2) is 60.4 Å². The van der Waals surface area contributed by atoms with Gasteiger partial charge < -0.3 is 24.6 Å². The van der Waals surface area contributed by atoms with Crippen molar-refractivity contribution in [3.8, 4) is 0 Å². The fourth-order valence-corrected chi connectivity index (χ4v) is 4.07. The number of carbonyl (C=O) groups excluding carboxylic acids is 3. The van der Waals surface area contributed by atoms with Gasteiger partial charge in [-0.15, -0.1) is 0 Å². The van der Waals surface area contributed by atoms with Crippen molar-refractivity contribution in [2.24, 2.45) is 0 Å². The molecule has 8 heteroatoms. The summed E-state index contributed by atoms with van der Waals surface area (Å²) < 4.78 is 10.2. The zero-order chi connectivity index (χ0) is 21.4. The molecule has 1 aromatic carbocycles. The van der Waals surface area contributed by atoms with E-state index in [9.17, 15) is 14.4 Å². The number of benzene rings is 1. The first-order valence-corrected chi connectivity index (χ1v) is 9.84. The van der Waals surface area contributed by atoms with Gasteiger partial charge in [0.2, 0.25) is 5.91 Å². The minimum absolute atomic E-state index is 0.0362. The lowest BCUT2D eigenvalue weighted by molar-refractivity contribution is -0.125. The molecule has 1 atom stereocenters. The third-order valence-electron chi connectivity index (χ3n) is 5.42. The Hall–Kier alpha value is -2.77. The van der Waals surface area contributed by atoms with Crippen molar-refractivity contribution in [1.82, 2.24) is 10.2 Å². The average Bonchev–Trinajstić information content (AvgIpc) is 2.90. The highest BCUT2D eigenvalue weighted by atomic mass is 16.6. The standard InChI is InChI=1S/C21H29N3O5/c1-14-22-18(26)21(10-12-23(13-11-21)19(27)29-20(2,3)4)24(14)16-8-6-15(7-9-16)17(25)28-5/h6-9,14H,10-13H2,1-5H3,(H,22,26). The van der Waals surface area contributed by atoms with Gasteiger partial charge in [-0.25, -0.2) is 9.59 Å². The number of likely N-dealkylation sites (tertiary alicyclic amines) is 1. The molecule has 8 nitrogen and oxygen atoms in total. The van der Waals surface area contributed by atoms with Gasteiger partial charge in [0.25, 0.3) is 0 Å². The Morgan fingerprint density at radius 1 is 1.14 bits per heavy atom. The Morgan fingerprint density at radius 2 is 1.72 bits per heavy atom. The van der Waals surface area contributed by atoms with E-state index in [0.717, 1.165) is 5.69 Å². The maximum Gasteiger partial charge on any atom is 0.410 e. The molecule has 2 saturated heterocycles. The van der Waals surface area contributed by atoms with Crippen LogP contribution in [0, 0.1) is 0 Å². The van der Waals surface area contributed by atoms with Crippen molar-refractivity contribution in [3.05, 3.63) is 29.8 Å². The molecule has 3 rings (SSSR count). The summed E-state index contributed by atoms with van der Waals surface area (Å²) in [6.45, 7) is 8.31. The van der Waals surface area contributed by atoms with Crippen LogP contribution in [0.2, 0.25) is 0 Å². The van der Waals surface area contributed by atoms with Crippen LogP contribution in [0.5, 0.6) is 0 Å². The summed E-state index contributed by atoms with van der Waals surface area (Å²) in [4.78, 5) is 40.7.